The molecule has 5 heteroatoms. The fourth-order valence-electron chi connectivity index (χ4n) is 2.40. The summed E-state index contributed by atoms with van der Waals surface area (Å²) in [5.41, 5.74) is 2.99. The molecule has 0 unspecified atom stereocenters. The van der Waals surface area contributed by atoms with Crippen molar-refractivity contribution in [1.82, 2.24) is 5.32 Å². The number of rotatable bonds is 5. The van der Waals surface area contributed by atoms with E-state index in [0.29, 0.717) is 5.11 Å². The van der Waals surface area contributed by atoms with Gasteiger partial charge in [-0.25, -0.2) is 4.39 Å². The molecule has 0 aliphatic carbocycles. The third-order valence-corrected chi connectivity index (χ3v) is 3.86. The van der Waals surface area contributed by atoms with Crippen molar-refractivity contribution in [2.75, 3.05) is 12.4 Å². The summed E-state index contributed by atoms with van der Waals surface area (Å²) in [6.45, 7) is 4.11. The molecule has 0 bridgehead atoms. The zero-order valence-electron chi connectivity index (χ0n) is 13.5. The quantitative estimate of drug-likeness (QED) is 0.785. The monoisotopic (exact) mass is 332 g/mol. The molecule has 0 fully saturated rings. The van der Waals surface area contributed by atoms with Crippen LogP contribution in [0, 0.1) is 12.7 Å². The first-order valence-electron chi connectivity index (χ1n) is 7.51. The third kappa shape index (κ3) is 4.66. The highest BCUT2D eigenvalue weighted by molar-refractivity contribution is 7.80. The number of halogens is 1. The molecule has 2 N–H and O–H groups in total. The minimum Gasteiger partial charge on any atom is -0.496 e. The number of nitrogens with one attached hydrogen (secondary N) is 2. The number of hydrogen-bond donors (Lipinski definition) is 2. The van der Waals surface area contributed by atoms with Gasteiger partial charge in [-0.2, -0.15) is 0 Å². The van der Waals surface area contributed by atoms with Crippen LogP contribution in [0.3, 0.4) is 0 Å². The number of thiocarbonyl (C=S) groups is 1. The molecule has 2 aromatic rings. The van der Waals surface area contributed by atoms with Gasteiger partial charge < -0.3 is 15.4 Å². The van der Waals surface area contributed by atoms with Crippen LogP contribution in [0.5, 0.6) is 5.75 Å². The van der Waals surface area contributed by atoms with E-state index in [-0.39, 0.29) is 11.9 Å². The number of methoxy groups -OCH3 is 1. The van der Waals surface area contributed by atoms with Crippen molar-refractivity contribution in [3.63, 3.8) is 0 Å². The lowest BCUT2D eigenvalue weighted by atomic mass is 10.0. The van der Waals surface area contributed by atoms with Gasteiger partial charge in [0.05, 0.1) is 13.2 Å². The third-order valence-electron chi connectivity index (χ3n) is 3.64. The summed E-state index contributed by atoms with van der Waals surface area (Å²) >= 11 is 5.35. The second kappa shape index (κ2) is 7.92. The predicted molar refractivity (Wildman–Crippen MR) is 96.5 cm³/mol. The standard InChI is InChI=1S/C18H21FN2OS/c1-4-16(13-5-10-17(22-3)12(2)11-13)21-18(23)20-15-8-6-14(19)7-9-15/h5-11,16H,4H2,1-3H3,(H2,20,21,23)/t16-/m0/s1. The molecule has 3 nitrogen and oxygen atoms in total. The van der Waals surface area contributed by atoms with Crippen LogP contribution < -0.4 is 15.4 Å². The van der Waals surface area contributed by atoms with Crippen molar-refractivity contribution in [3.8, 4) is 5.75 Å². The number of aryl methyl sites for hydroxylation is 1. The molecule has 0 aliphatic heterocycles. The second-order valence-electron chi connectivity index (χ2n) is 5.30. The summed E-state index contributed by atoms with van der Waals surface area (Å²) in [7, 11) is 1.67. The largest absolute Gasteiger partial charge is 0.496 e. The zero-order valence-corrected chi connectivity index (χ0v) is 14.3. The molecule has 0 amide bonds. The predicted octanol–water partition coefficient (Wildman–Crippen LogP) is 4.58. The van der Waals surface area contributed by atoms with Gasteiger partial charge in [-0.05, 0) is 67.0 Å². The fraction of sp³-hybridized carbons (Fsp3) is 0.278. The summed E-state index contributed by atoms with van der Waals surface area (Å²) in [5.74, 6) is 0.602. The number of benzene rings is 2. The molecule has 0 aliphatic rings. The van der Waals surface area contributed by atoms with Crippen LogP contribution in [0.15, 0.2) is 42.5 Å². The first kappa shape index (κ1) is 17.2. The number of ether oxygens (including phenoxy) is 1. The van der Waals surface area contributed by atoms with E-state index in [4.69, 9.17) is 17.0 Å². The topological polar surface area (TPSA) is 33.3 Å². The Hall–Kier alpha value is -2.14. The second-order valence-corrected chi connectivity index (χ2v) is 5.70. The van der Waals surface area contributed by atoms with E-state index in [0.717, 1.165) is 29.0 Å². The van der Waals surface area contributed by atoms with Gasteiger partial charge in [0.15, 0.2) is 5.11 Å². The van der Waals surface area contributed by atoms with Gasteiger partial charge in [0, 0.05) is 5.69 Å². The van der Waals surface area contributed by atoms with Crippen molar-refractivity contribution in [3.05, 3.63) is 59.4 Å². The van der Waals surface area contributed by atoms with Crippen molar-refractivity contribution in [1.29, 1.82) is 0 Å². The smallest absolute Gasteiger partial charge is 0.171 e. The molecule has 0 aromatic heterocycles. The highest BCUT2D eigenvalue weighted by Gasteiger charge is 2.12. The molecular weight excluding hydrogens is 311 g/mol. The summed E-state index contributed by atoms with van der Waals surface area (Å²) in [5, 5.41) is 6.88. The molecule has 122 valence electrons. The van der Waals surface area contributed by atoms with E-state index in [1.807, 2.05) is 19.1 Å². The van der Waals surface area contributed by atoms with Crippen LogP contribution in [0.1, 0.15) is 30.5 Å². The van der Waals surface area contributed by atoms with E-state index in [9.17, 15) is 4.39 Å². The molecular formula is C18H21FN2OS. The molecule has 0 saturated carbocycles. The van der Waals surface area contributed by atoms with Crippen molar-refractivity contribution >= 4 is 23.0 Å². The Bertz CT molecular complexity index is 673. The summed E-state index contributed by atoms with van der Waals surface area (Å²) < 4.78 is 18.2. The zero-order chi connectivity index (χ0) is 16.8. The Morgan fingerprint density at radius 2 is 1.91 bits per heavy atom. The van der Waals surface area contributed by atoms with Gasteiger partial charge in [-0.1, -0.05) is 19.1 Å². The van der Waals surface area contributed by atoms with Crippen LogP contribution >= 0.6 is 12.2 Å². The Balaban J connectivity index is 2.05. The summed E-state index contributed by atoms with van der Waals surface area (Å²) in [4.78, 5) is 0. The maximum atomic E-state index is 12.9. The maximum Gasteiger partial charge on any atom is 0.171 e. The minimum absolute atomic E-state index is 0.0973. The maximum absolute atomic E-state index is 12.9. The van der Waals surface area contributed by atoms with E-state index < -0.39 is 0 Å². The van der Waals surface area contributed by atoms with Crippen molar-refractivity contribution in [2.24, 2.45) is 0 Å². The molecule has 0 heterocycles. The van der Waals surface area contributed by atoms with Crippen LogP contribution in [-0.2, 0) is 0 Å². The van der Waals surface area contributed by atoms with Gasteiger partial charge in [-0.3, -0.25) is 0 Å². The Kier molecular flexibility index (Phi) is 5.93. The van der Waals surface area contributed by atoms with Crippen LogP contribution in [0.2, 0.25) is 0 Å². The Labute approximate surface area is 141 Å². The highest BCUT2D eigenvalue weighted by Crippen LogP contribution is 2.24. The average molecular weight is 332 g/mol. The molecule has 23 heavy (non-hydrogen) atoms. The normalized spacial score (nSPS) is 11.7. The van der Waals surface area contributed by atoms with Crippen molar-refractivity contribution < 1.29 is 9.13 Å². The fourth-order valence-corrected chi connectivity index (χ4v) is 2.66. The molecule has 0 saturated heterocycles. The van der Waals surface area contributed by atoms with Crippen LogP contribution in [-0.4, -0.2) is 12.2 Å². The molecule has 0 radical (unpaired) electrons. The Morgan fingerprint density at radius 3 is 2.48 bits per heavy atom. The van der Waals surface area contributed by atoms with Gasteiger partial charge in [0.1, 0.15) is 11.6 Å². The van der Waals surface area contributed by atoms with Crippen molar-refractivity contribution in [2.45, 2.75) is 26.3 Å². The van der Waals surface area contributed by atoms with E-state index >= 15 is 0 Å². The summed E-state index contributed by atoms with van der Waals surface area (Å²) in [6.07, 6.45) is 0.886. The molecule has 2 rings (SSSR count). The van der Waals surface area contributed by atoms with Gasteiger partial charge >= 0.3 is 0 Å². The lowest BCUT2D eigenvalue weighted by Crippen LogP contribution is -2.32. The average Bonchev–Trinajstić information content (AvgIpc) is 2.54. The molecule has 1 atom stereocenters. The molecule has 0 spiro atoms. The number of anilines is 1. The SMILES string of the molecule is CC[C@H](NC(=S)Nc1ccc(F)cc1)c1ccc(OC)c(C)c1. The first-order chi connectivity index (χ1) is 11.0. The van der Waals surface area contributed by atoms with E-state index in [1.165, 1.54) is 12.1 Å². The summed E-state index contributed by atoms with van der Waals surface area (Å²) in [6, 6.07) is 12.3. The highest BCUT2D eigenvalue weighted by atomic mass is 32.1. The number of hydrogen-bond acceptors (Lipinski definition) is 2. The lowest BCUT2D eigenvalue weighted by Gasteiger charge is -2.21. The minimum atomic E-state index is -0.269. The van der Waals surface area contributed by atoms with Crippen LogP contribution in [0.4, 0.5) is 10.1 Å². The van der Waals surface area contributed by atoms with Gasteiger partial charge in [0.2, 0.25) is 0 Å². The van der Waals surface area contributed by atoms with Crippen LogP contribution in [0.25, 0.3) is 0 Å². The first-order valence-corrected chi connectivity index (χ1v) is 7.92. The van der Waals surface area contributed by atoms with E-state index in [1.54, 1.807) is 19.2 Å². The Morgan fingerprint density at radius 1 is 1.22 bits per heavy atom. The van der Waals surface area contributed by atoms with E-state index in [2.05, 4.69) is 23.6 Å². The van der Waals surface area contributed by atoms with Gasteiger partial charge in [0.25, 0.3) is 0 Å². The molecule has 2 aromatic carbocycles. The lowest BCUT2D eigenvalue weighted by molar-refractivity contribution is 0.411. The van der Waals surface area contributed by atoms with Gasteiger partial charge in [-0.15, -0.1) is 0 Å².